The largest absolute Gasteiger partial charge is 0.364 e. The van der Waals surface area contributed by atoms with Gasteiger partial charge in [0.05, 0.1) is 0 Å². The van der Waals surface area contributed by atoms with Crippen LogP contribution in [0.1, 0.15) is 23.0 Å². The Labute approximate surface area is 108 Å². The number of pyridine rings is 1. The van der Waals surface area contributed by atoms with E-state index >= 15 is 0 Å². The quantitative estimate of drug-likeness (QED) is 0.646. The molecule has 3 amide bonds. The Hall–Kier alpha value is -2.44. The second-order valence-corrected chi connectivity index (χ2v) is 4.42. The van der Waals surface area contributed by atoms with Gasteiger partial charge in [0, 0.05) is 18.0 Å². The third-order valence-electron chi connectivity index (χ3n) is 2.97. The van der Waals surface area contributed by atoms with Crippen molar-refractivity contribution in [3.05, 3.63) is 33.7 Å². The number of amides is 3. The second-order valence-electron chi connectivity index (χ2n) is 4.42. The first-order chi connectivity index (χ1) is 8.90. The number of H-pyrrole nitrogens is 1. The first kappa shape index (κ1) is 13.0. The number of piperazine rings is 1. The van der Waals surface area contributed by atoms with Crippen LogP contribution in [-0.4, -0.2) is 40.2 Å². The lowest BCUT2D eigenvalue weighted by molar-refractivity contribution is -0.138. The van der Waals surface area contributed by atoms with Gasteiger partial charge in [0.1, 0.15) is 18.2 Å². The van der Waals surface area contributed by atoms with Crippen LogP contribution >= 0.6 is 0 Å². The fourth-order valence-electron chi connectivity index (χ4n) is 1.86. The molecule has 2 N–H and O–H groups in total. The van der Waals surface area contributed by atoms with Gasteiger partial charge in [-0.25, -0.2) is 0 Å². The van der Waals surface area contributed by atoms with Crippen molar-refractivity contribution >= 4 is 17.7 Å². The molecule has 1 aromatic heterocycles. The van der Waals surface area contributed by atoms with E-state index in [2.05, 4.69) is 10.3 Å². The summed E-state index contributed by atoms with van der Waals surface area (Å²) < 4.78 is 0. The minimum atomic E-state index is -0.786. The van der Waals surface area contributed by atoms with Gasteiger partial charge in [0.15, 0.2) is 5.43 Å². The molecular weight excluding hydrogens is 250 g/mol. The van der Waals surface area contributed by atoms with Crippen LogP contribution in [-0.2, 0) is 9.59 Å². The van der Waals surface area contributed by atoms with E-state index in [1.807, 2.05) is 0 Å². The van der Waals surface area contributed by atoms with Crippen molar-refractivity contribution in [3.63, 3.8) is 0 Å². The topological polar surface area (TPSA) is 99.3 Å². The maximum Gasteiger partial charge on any atom is 0.260 e. The van der Waals surface area contributed by atoms with E-state index in [1.165, 1.54) is 19.2 Å². The van der Waals surface area contributed by atoms with E-state index in [1.54, 1.807) is 6.92 Å². The summed E-state index contributed by atoms with van der Waals surface area (Å²) in [6.45, 7) is 2.96. The summed E-state index contributed by atoms with van der Waals surface area (Å²) in [5.74, 6) is -1.73. The first-order valence-electron chi connectivity index (χ1n) is 5.74. The number of carbonyl (C=O) groups excluding carboxylic acids is 3. The Morgan fingerprint density at radius 1 is 1.37 bits per heavy atom. The van der Waals surface area contributed by atoms with E-state index in [9.17, 15) is 19.2 Å². The highest BCUT2D eigenvalue weighted by atomic mass is 16.2. The molecule has 100 valence electrons. The van der Waals surface area contributed by atoms with Crippen molar-refractivity contribution in [3.8, 4) is 0 Å². The number of aryl methyl sites for hydroxylation is 1. The zero-order valence-corrected chi connectivity index (χ0v) is 10.5. The molecule has 1 aromatic rings. The van der Waals surface area contributed by atoms with Crippen LogP contribution in [0.5, 0.6) is 0 Å². The number of rotatable bonds is 1. The standard InChI is InChI=1S/C12H13N3O4/c1-6-3-9(16)8(4-13-6)12(19)15-5-10(17)14-11(18)7(15)2/h3-4,7H,5H2,1-2H3,(H,13,16)(H,14,17,18). The van der Waals surface area contributed by atoms with Crippen molar-refractivity contribution < 1.29 is 14.4 Å². The number of nitrogens with zero attached hydrogens (tertiary/aromatic N) is 1. The van der Waals surface area contributed by atoms with Crippen molar-refractivity contribution in [2.45, 2.75) is 19.9 Å². The number of hydrogen-bond acceptors (Lipinski definition) is 4. The van der Waals surface area contributed by atoms with Crippen molar-refractivity contribution in [1.82, 2.24) is 15.2 Å². The molecule has 0 aromatic carbocycles. The van der Waals surface area contributed by atoms with Gasteiger partial charge in [0.2, 0.25) is 11.8 Å². The van der Waals surface area contributed by atoms with Crippen LogP contribution in [0, 0.1) is 6.92 Å². The van der Waals surface area contributed by atoms with Gasteiger partial charge in [-0.3, -0.25) is 24.5 Å². The lowest BCUT2D eigenvalue weighted by Crippen LogP contribution is -2.59. The zero-order chi connectivity index (χ0) is 14.2. The molecule has 0 aliphatic carbocycles. The Balaban J connectivity index is 2.35. The van der Waals surface area contributed by atoms with E-state index in [-0.39, 0.29) is 12.1 Å². The maximum atomic E-state index is 12.2. The van der Waals surface area contributed by atoms with Crippen LogP contribution in [0.25, 0.3) is 0 Å². The molecule has 7 nitrogen and oxygen atoms in total. The average Bonchev–Trinajstić information content (AvgIpc) is 2.33. The molecule has 2 rings (SSSR count). The van der Waals surface area contributed by atoms with Gasteiger partial charge in [-0.15, -0.1) is 0 Å². The Bertz CT molecular complexity index is 620. The lowest BCUT2D eigenvalue weighted by Gasteiger charge is -2.31. The summed E-state index contributed by atoms with van der Waals surface area (Å²) >= 11 is 0. The van der Waals surface area contributed by atoms with Crippen LogP contribution < -0.4 is 10.7 Å². The van der Waals surface area contributed by atoms with Gasteiger partial charge < -0.3 is 9.88 Å². The third-order valence-corrected chi connectivity index (χ3v) is 2.97. The minimum absolute atomic E-state index is 0.0834. The van der Waals surface area contributed by atoms with E-state index in [4.69, 9.17) is 0 Å². The van der Waals surface area contributed by atoms with Gasteiger partial charge in [-0.05, 0) is 13.8 Å². The Morgan fingerprint density at radius 2 is 2.05 bits per heavy atom. The summed E-state index contributed by atoms with van der Waals surface area (Å²) in [7, 11) is 0. The molecule has 1 aliphatic heterocycles. The predicted molar refractivity (Wildman–Crippen MR) is 65.4 cm³/mol. The van der Waals surface area contributed by atoms with Crippen molar-refractivity contribution in [1.29, 1.82) is 0 Å². The summed E-state index contributed by atoms with van der Waals surface area (Å²) in [5, 5.41) is 2.13. The molecular formula is C12H13N3O4. The van der Waals surface area contributed by atoms with Crippen LogP contribution in [0.3, 0.4) is 0 Å². The van der Waals surface area contributed by atoms with Gasteiger partial charge in [-0.2, -0.15) is 0 Å². The molecule has 0 bridgehead atoms. The molecule has 2 heterocycles. The molecule has 19 heavy (non-hydrogen) atoms. The van der Waals surface area contributed by atoms with Crippen LogP contribution in [0.15, 0.2) is 17.1 Å². The normalized spacial score (nSPS) is 19.3. The van der Waals surface area contributed by atoms with Crippen LogP contribution in [0.2, 0.25) is 0 Å². The first-order valence-corrected chi connectivity index (χ1v) is 5.74. The fraction of sp³-hybridized carbons (Fsp3) is 0.333. The van der Waals surface area contributed by atoms with E-state index < -0.39 is 29.2 Å². The van der Waals surface area contributed by atoms with Crippen LogP contribution in [0.4, 0.5) is 0 Å². The highest BCUT2D eigenvalue weighted by molar-refractivity contribution is 6.06. The maximum absolute atomic E-state index is 12.2. The molecule has 1 aliphatic rings. The van der Waals surface area contributed by atoms with Crippen molar-refractivity contribution in [2.75, 3.05) is 6.54 Å². The average molecular weight is 263 g/mol. The lowest BCUT2D eigenvalue weighted by atomic mass is 10.1. The highest BCUT2D eigenvalue weighted by Gasteiger charge is 2.34. The van der Waals surface area contributed by atoms with Gasteiger partial charge >= 0.3 is 0 Å². The fourth-order valence-corrected chi connectivity index (χ4v) is 1.86. The van der Waals surface area contributed by atoms with Gasteiger partial charge in [0.25, 0.3) is 5.91 Å². The molecule has 1 atom stereocenters. The zero-order valence-electron chi connectivity index (χ0n) is 10.5. The Kier molecular flexibility index (Phi) is 3.20. The molecule has 7 heteroatoms. The predicted octanol–water partition coefficient (Wildman–Crippen LogP) is -0.830. The Morgan fingerprint density at radius 3 is 2.68 bits per heavy atom. The number of hydrogen-bond donors (Lipinski definition) is 2. The number of aromatic nitrogens is 1. The van der Waals surface area contributed by atoms with E-state index in [0.717, 1.165) is 4.90 Å². The SMILES string of the molecule is Cc1cc(=O)c(C(=O)N2CC(=O)NC(=O)C2C)c[nH]1. The summed E-state index contributed by atoms with van der Waals surface area (Å²) in [5.41, 5.74) is 0.105. The molecule has 1 unspecified atom stereocenters. The number of carbonyl (C=O) groups is 3. The summed E-state index contributed by atoms with van der Waals surface area (Å²) in [6, 6.07) is 0.509. The summed E-state index contributed by atoms with van der Waals surface area (Å²) in [6.07, 6.45) is 1.30. The molecule has 0 radical (unpaired) electrons. The minimum Gasteiger partial charge on any atom is -0.364 e. The third kappa shape index (κ3) is 2.40. The second kappa shape index (κ2) is 4.68. The molecule has 1 saturated heterocycles. The summed E-state index contributed by atoms with van der Waals surface area (Å²) in [4.78, 5) is 50.6. The van der Waals surface area contributed by atoms with E-state index in [0.29, 0.717) is 5.69 Å². The van der Waals surface area contributed by atoms with Crippen molar-refractivity contribution in [2.24, 2.45) is 0 Å². The molecule has 0 spiro atoms. The smallest absolute Gasteiger partial charge is 0.260 e. The van der Waals surface area contributed by atoms with Gasteiger partial charge in [-0.1, -0.05) is 0 Å². The monoisotopic (exact) mass is 263 g/mol. The number of aromatic amines is 1. The number of nitrogens with one attached hydrogen (secondary N) is 2. The number of imide groups is 1. The molecule has 0 saturated carbocycles. The molecule has 1 fully saturated rings. The highest BCUT2D eigenvalue weighted by Crippen LogP contribution is 2.09.